The summed E-state index contributed by atoms with van der Waals surface area (Å²) in [5, 5.41) is 6.83. The number of para-hydroxylation sites is 1. The summed E-state index contributed by atoms with van der Waals surface area (Å²) in [7, 11) is 0. The first-order valence-electron chi connectivity index (χ1n) is 5.35. The lowest BCUT2D eigenvalue weighted by atomic mass is 10.3. The monoisotopic (exact) mass is 192 g/mol. The van der Waals surface area contributed by atoms with Gasteiger partial charge in [0.05, 0.1) is 0 Å². The first kappa shape index (κ1) is 11.1. The first-order chi connectivity index (χ1) is 6.83. The molecule has 0 fully saturated rings. The van der Waals surface area contributed by atoms with E-state index in [4.69, 9.17) is 0 Å². The normalized spacial score (nSPS) is 12.4. The van der Waals surface area contributed by atoms with Crippen LogP contribution in [0.15, 0.2) is 30.3 Å². The van der Waals surface area contributed by atoms with Gasteiger partial charge in [0, 0.05) is 18.3 Å². The fourth-order valence-corrected chi connectivity index (χ4v) is 1.29. The Morgan fingerprint density at radius 1 is 1.21 bits per heavy atom. The predicted molar refractivity (Wildman–Crippen MR) is 62.7 cm³/mol. The quantitative estimate of drug-likeness (QED) is 0.723. The number of anilines is 1. The average molecular weight is 192 g/mol. The third-order valence-electron chi connectivity index (χ3n) is 2.13. The Morgan fingerprint density at radius 2 is 1.93 bits per heavy atom. The zero-order valence-electron chi connectivity index (χ0n) is 9.09. The van der Waals surface area contributed by atoms with Crippen molar-refractivity contribution in [3.05, 3.63) is 30.3 Å². The van der Waals surface area contributed by atoms with Crippen LogP contribution in [0.2, 0.25) is 0 Å². The van der Waals surface area contributed by atoms with Gasteiger partial charge in [-0.05, 0) is 32.0 Å². The molecule has 1 rings (SSSR count). The van der Waals surface area contributed by atoms with Crippen LogP contribution in [0.3, 0.4) is 0 Å². The molecule has 14 heavy (non-hydrogen) atoms. The Hall–Kier alpha value is -1.02. The van der Waals surface area contributed by atoms with Crippen LogP contribution in [0.5, 0.6) is 0 Å². The summed E-state index contributed by atoms with van der Waals surface area (Å²) in [6, 6.07) is 10.8. The first-order valence-corrected chi connectivity index (χ1v) is 5.35. The number of benzene rings is 1. The van der Waals surface area contributed by atoms with E-state index in [9.17, 15) is 0 Å². The van der Waals surface area contributed by atoms with Gasteiger partial charge in [-0.3, -0.25) is 0 Å². The van der Waals surface area contributed by atoms with Crippen molar-refractivity contribution in [2.45, 2.75) is 26.3 Å². The van der Waals surface area contributed by atoms with E-state index in [2.05, 4.69) is 36.6 Å². The summed E-state index contributed by atoms with van der Waals surface area (Å²) < 4.78 is 0. The molecule has 78 valence electrons. The van der Waals surface area contributed by atoms with E-state index in [0.29, 0.717) is 6.04 Å². The highest BCUT2D eigenvalue weighted by molar-refractivity contribution is 5.42. The highest BCUT2D eigenvalue weighted by atomic mass is 15.0. The zero-order valence-corrected chi connectivity index (χ0v) is 9.09. The molecule has 0 saturated carbocycles. The summed E-state index contributed by atoms with van der Waals surface area (Å²) in [5.74, 6) is 0. The number of rotatable bonds is 6. The zero-order chi connectivity index (χ0) is 10.2. The Kier molecular flexibility index (Phi) is 5.08. The topological polar surface area (TPSA) is 24.1 Å². The van der Waals surface area contributed by atoms with Gasteiger partial charge < -0.3 is 10.6 Å². The maximum absolute atomic E-state index is 3.44. The number of hydrogen-bond donors (Lipinski definition) is 2. The molecular formula is C12H20N2. The highest BCUT2D eigenvalue weighted by Gasteiger charge is 1.98. The van der Waals surface area contributed by atoms with Crippen LogP contribution in [-0.4, -0.2) is 19.1 Å². The molecule has 1 aromatic rings. The molecule has 2 heteroatoms. The summed E-state index contributed by atoms with van der Waals surface area (Å²) >= 11 is 0. The van der Waals surface area contributed by atoms with Crippen molar-refractivity contribution >= 4 is 5.69 Å². The van der Waals surface area contributed by atoms with Gasteiger partial charge >= 0.3 is 0 Å². The molecule has 0 bridgehead atoms. The fourth-order valence-electron chi connectivity index (χ4n) is 1.29. The van der Waals surface area contributed by atoms with Gasteiger partial charge in [0.1, 0.15) is 0 Å². The van der Waals surface area contributed by atoms with E-state index in [0.717, 1.165) is 13.1 Å². The fraction of sp³-hybridized carbons (Fsp3) is 0.500. The van der Waals surface area contributed by atoms with Crippen LogP contribution in [0, 0.1) is 0 Å². The molecule has 2 N–H and O–H groups in total. The summed E-state index contributed by atoms with van der Waals surface area (Å²) in [5.41, 5.74) is 1.19. The Balaban J connectivity index is 2.20. The second kappa shape index (κ2) is 6.44. The molecule has 0 amide bonds. The van der Waals surface area contributed by atoms with E-state index in [1.807, 2.05) is 18.2 Å². The average Bonchev–Trinajstić information content (AvgIpc) is 2.25. The third-order valence-corrected chi connectivity index (χ3v) is 2.13. The van der Waals surface area contributed by atoms with Gasteiger partial charge in [0.2, 0.25) is 0 Å². The third kappa shape index (κ3) is 4.28. The summed E-state index contributed by atoms with van der Waals surface area (Å²) in [4.78, 5) is 0. The molecule has 1 unspecified atom stereocenters. The van der Waals surface area contributed by atoms with E-state index in [1.54, 1.807) is 0 Å². The lowest BCUT2D eigenvalue weighted by molar-refractivity contribution is 0.565. The molecule has 0 spiro atoms. The van der Waals surface area contributed by atoms with Crippen LogP contribution in [0.1, 0.15) is 20.3 Å². The van der Waals surface area contributed by atoms with Gasteiger partial charge in [0.15, 0.2) is 0 Å². The Morgan fingerprint density at radius 3 is 2.57 bits per heavy atom. The second-order valence-electron chi connectivity index (χ2n) is 3.60. The molecule has 0 aromatic heterocycles. The lowest BCUT2D eigenvalue weighted by Gasteiger charge is -2.14. The van der Waals surface area contributed by atoms with Gasteiger partial charge in [-0.15, -0.1) is 0 Å². The standard InChI is InChI=1S/C12H20N2/c1-3-9-13-11(2)10-14-12-7-5-4-6-8-12/h4-8,11,13-14H,3,9-10H2,1-2H3. The molecular weight excluding hydrogens is 172 g/mol. The van der Waals surface area contributed by atoms with Gasteiger partial charge in [-0.2, -0.15) is 0 Å². The van der Waals surface area contributed by atoms with E-state index >= 15 is 0 Å². The largest absolute Gasteiger partial charge is 0.383 e. The smallest absolute Gasteiger partial charge is 0.0340 e. The molecule has 0 aliphatic heterocycles. The van der Waals surface area contributed by atoms with Crippen molar-refractivity contribution in [1.82, 2.24) is 5.32 Å². The Bertz CT molecular complexity index is 233. The minimum Gasteiger partial charge on any atom is -0.383 e. The van der Waals surface area contributed by atoms with E-state index in [1.165, 1.54) is 12.1 Å². The van der Waals surface area contributed by atoms with E-state index < -0.39 is 0 Å². The minimum atomic E-state index is 0.523. The van der Waals surface area contributed by atoms with Crippen molar-refractivity contribution < 1.29 is 0 Å². The number of nitrogens with one attached hydrogen (secondary N) is 2. The van der Waals surface area contributed by atoms with Crippen LogP contribution in [0.4, 0.5) is 5.69 Å². The van der Waals surface area contributed by atoms with Gasteiger partial charge in [0.25, 0.3) is 0 Å². The SMILES string of the molecule is CCCNC(C)CNc1ccccc1. The van der Waals surface area contributed by atoms with Crippen LogP contribution in [-0.2, 0) is 0 Å². The second-order valence-corrected chi connectivity index (χ2v) is 3.60. The molecule has 1 atom stereocenters. The molecule has 1 aromatic carbocycles. The highest BCUT2D eigenvalue weighted by Crippen LogP contribution is 2.04. The maximum atomic E-state index is 3.44. The summed E-state index contributed by atoms with van der Waals surface area (Å²) in [6.45, 7) is 6.46. The molecule has 0 radical (unpaired) electrons. The van der Waals surface area contributed by atoms with Crippen LogP contribution >= 0.6 is 0 Å². The van der Waals surface area contributed by atoms with Gasteiger partial charge in [-0.1, -0.05) is 25.1 Å². The van der Waals surface area contributed by atoms with Crippen molar-refractivity contribution in [3.63, 3.8) is 0 Å². The lowest BCUT2D eigenvalue weighted by Crippen LogP contribution is -2.33. The van der Waals surface area contributed by atoms with E-state index in [-0.39, 0.29) is 0 Å². The minimum absolute atomic E-state index is 0.523. The molecule has 0 heterocycles. The Labute approximate surface area is 86.7 Å². The van der Waals surface area contributed by atoms with Gasteiger partial charge in [-0.25, -0.2) is 0 Å². The molecule has 0 aliphatic rings. The molecule has 0 saturated heterocycles. The van der Waals surface area contributed by atoms with Crippen molar-refractivity contribution in [2.24, 2.45) is 0 Å². The van der Waals surface area contributed by atoms with Crippen molar-refractivity contribution in [3.8, 4) is 0 Å². The number of hydrogen-bond acceptors (Lipinski definition) is 2. The van der Waals surface area contributed by atoms with Crippen molar-refractivity contribution in [1.29, 1.82) is 0 Å². The predicted octanol–water partition coefficient (Wildman–Crippen LogP) is 2.49. The van der Waals surface area contributed by atoms with Crippen molar-refractivity contribution in [2.75, 3.05) is 18.4 Å². The molecule has 2 nitrogen and oxygen atoms in total. The molecule has 0 aliphatic carbocycles. The summed E-state index contributed by atoms with van der Waals surface area (Å²) in [6.07, 6.45) is 1.19. The maximum Gasteiger partial charge on any atom is 0.0340 e. The van der Waals surface area contributed by atoms with Crippen LogP contribution < -0.4 is 10.6 Å². The van der Waals surface area contributed by atoms with Crippen LogP contribution in [0.25, 0.3) is 0 Å².